The molecule has 0 heterocycles. The van der Waals surface area contributed by atoms with Crippen LogP contribution in [0.4, 0.5) is 11.4 Å². The van der Waals surface area contributed by atoms with Gasteiger partial charge in [0.05, 0.1) is 13.0 Å². The minimum atomic E-state index is -0.382. The molecule has 6 nitrogen and oxygen atoms in total. The second-order valence-electron chi connectivity index (χ2n) is 7.26. The molecule has 164 valence electrons. The van der Waals surface area contributed by atoms with Crippen LogP contribution in [0.25, 0.3) is 0 Å². The third-order valence-corrected chi connectivity index (χ3v) is 4.73. The van der Waals surface area contributed by atoms with Crippen LogP contribution in [0.3, 0.4) is 0 Å². The van der Waals surface area contributed by atoms with Crippen LogP contribution in [0.1, 0.15) is 35.2 Å². The number of amides is 2. The first-order valence-corrected chi connectivity index (χ1v) is 10.6. The standard InChI is InChI=1S/C26H26N2O4/c29-24(17-18-25(30)32-19-7-10-20-8-3-1-4-9-20)27-22-13-15-23(16-14-22)28-26(31)21-11-5-2-6-12-21/h1-6,8-9,11-16H,7,10,17-19H2,(H,27,29)(H,28,31). The molecule has 0 radical (unpaired) electrons. The maximum atomic E-state index is 12.2. The van der Waals surface area contributed by atoms with Crippen LogP contribution < -0.4 is 10.6 Å². The highest BCUT2D eigenvalue weighted by Gasteiger charge is 2.09. The molecule has 0 spiro atoms. The molecule has 6 heteroatoms. The summed E-state index contributed by atoms with van der Waals surface area (Å²) in [6.07, 6.45) is 1.66. The fourth-order valence-electron chi connectivity index (χ4n) is 3.05. The van der Waals surface area contributed by atoms with Crippen LogP contribution >= 0.6 is 0 Å². The summed E-state index contributed by atoms with van der Waals surface area (Å²) in [5.41, 5.74) is 2.98. The molecule has 0 aromatic heterocycles. The number of hydrogen-bond acceptors (Lipinski definition) is 4. The normalized spacial score (nSPS) is 10.2. The Kier molecular flexibility index (Phi) is 8.57. The van der Waals surface area contributed by atoms with Crippen LogP contribution in [-0.4, -0.2) is 24.4 Å². The number of rotatable bonds is 10. The van der Waals surface area contributed by atoms with Crippen molar-refractivity contribution in [2.45, 2.75) is 25.7 Å². The molecule has 0 unspecified atom stereocenters. The lowest BCUT2D eigenvalue weighted by Crippen LogP contribution is -2.15. The summed E-state index contributed by atoms with van der Waals surface area (Å²) < 4.78 is 5.19. The van der Waals surface area contributed by atoms with Gasteiger partial charge < -0.3 is 15.4 Å². The van der Waals surface area contributed by atoms with E-state index in [1.165, 1.54) is 5.56 Å². The number of anilines is 2. The topological polar surface area (TPSA) is 84.5 Å². The minimum absolute atomic E-state index is 0.0301. The highest BCUT2D eigenvalue weighted by molar-refractivity contribution is 6.04. The van der Waals surface area contributed by atoms with E-state index < -0.39 is 0 Å². The van der Waals surface area contributed by atoms with Crippen molar-refractivity contribution >= 4 is 29.2 Å². The van der Waals surface area contributed by atoms with Crippen molar-refractivity contribution in [2.75, 3.05) is 17.2 Å². The average molecular weight is 431 g/mol. The summed E-state index contributed by atoms with van der Waals surface area (Å²) in [6.45, 7) is 0.339. The fourth-order valence-corrected chi connectivity index (χ4v) is 3.05. The lowest BCUT2D eigenvalue weighted by molar-refractivity contribution is -0.144. The Labute approximate surface area is 187 Å². The average Bonchev–Trinajstić information content (AvgIpc) is 2.83. The summed E-state index contributed by atoms with van der Waals surface area (Å²) in [4.78, 5) is 36.1. The van der Waals surface area contributed by atoms with Crippen molar-refractivity contribution in [3.63, 3.8) is 0 Å². The smallest absolute Gasteiger partial charge is 0.306 e. The second-order valence-corrected chi connectivity index (χ2v) is 7.26. The van der Waals surface area contributed by atoms with Gasteiger partial charge in [0.2, 0.25) is 5.91 Å². The summed E-state index contributed by atoms with van der Waals surface area (Å²) in [5, 5.41) is 5.54. The quantitative estimate of drug-likeness (QED) is 0.356. The Morgan fingerprint density at radius 1 is 0.688 bits per heavy atom. The number of aryl methyl sites for hydroxylation is 1. The van der Waals surface area contributed by atoms with E-state index in [1.54, 1.807) is 48.5 Å². The molecule has 2 amide bonds. The van der Waals surface area contributed by atoms with Gasteiger partial charge in [0.15, 0.2) is 0 Å². The van der Waals surface area contributed by atoms with Gasteiger partial charge in [0.1, 0.15) is 0 Å². The molecule has 0 bridgehead atoms. The van der Waals surface area contributed by atoms with Crippen LogP contribution in [0.5, 0.6) is 0 Å². The molecule has 3 aromatic rings. The molecular weight excluding hydrogens is 404 g/mol. The zero-order valence-corrected chi connectivity index (χ0v) is 17.8. The second kappa shape index (κ2) is 12.1. The molecule has 3 rings (SSSR count). The summed E-state index contributed by atoms with van der Waals surface area (Å²) >= 11 is 0. The van der Waals surface area contributed by atoms with Crippen LogP contribution in [0, 0.1) is 0 Å². The van der Waals surface area contributed by atoms with Gasteiger partial charge in [0, 0.05) is 23.4 Å². The van der Waals surface area contributed by atoms with Crippen molar-refractivity contribution in [3.05, 3.63) is 96.1 Å². The lowest BCUT2D eigenvalue weighted by Gasteiger charge is -2.08. The summed E-state index contributed by atoms with van der Waals surface area (Å²) in [7, 11) is 0. The molecule has 2 N–H and O–H groups in total. The van der Waals surface area contributed by atoms with Gasteiger partial charge in [-0.15, -0.1) is 0 Å². The highest BCUT2D eigenvalue weighted by Crippen LogP contribution is 2.15. The van der Waals surface area contributed by atoms with Crippen LogP contribution in [0.2, 0.25) is 0 Å². The van der Waals surface area contributed by atoms with Gasteiger partial charge in [-0.1, -0.05) is 48.5 Å². The Hall–Kier alpha value is -3.93. The van der Waals surface area contributed by atoms with E-state index in [0.717, 1.165) is 12.8 Å². The van der Waals surface area contributed by atoms with Gasteiger partial charge in [0.25, 0.3) is 5.91 Å². The van der Waals surface area contributed by atoms with Gasteiger partial charge in [-0.3, -0.25) is 14.4 Å². The molecule has 0 saturated heterocycles. The van der Waals surface area contributed by atoms with Gasteiger partial charge in [-0.05, 0) is 54.8 Å². The first-order chi connectivity index (χ1) is 15.6. The number of ether oxygens (including phenoxy) is 1. The van der Waals surface area contributed by atoms with Crippen molar-refractivity contribution < 1.29 is 19.1 Å². The third-order valence-electron chi connectivity index (χ3n) is 4.73. The molecular formula is C26H26N2O4. The molecule has 32 heavy (non-hydrogen) atoms. The lowest BCUT2D eigenvalue weighted by atomic mass is 10.1. The van der Waals surface area contributed by atoms with Crippen LogP contribution in [-0.2, 0) is 20.7 Å². The first-order valence-electron chi connectivity index (χ1n) is 10.6. The van der Waals surface area contributed by atoms with Crippen molar-refractivity contribution in [1.29, 1.82) is 0 Å². The monoisotopic (exact) mass is 430 g/mol. The zero-order chi connectivity index (χ0) is 22.6. The van der Waals surface area contributed by atoms with E-state index in [0.29, 0.717) is 23.5 Å². The van der Waals surface area contributed by atoms with E-state index in [-0.39, 0.29) is 30.6 Å². The number of nitrogens with one attached hydrogen (secondary N) is 2. The first kappa shape index (κ1) is 22.7. The van der Waals surface area contributed by atoms with Gasteiger partial charge in [-0.25, -0.2) is 0 Å². The SMILES string of the molecule is O=C(CCC(=O)OCCCc1ccccc1)Nc1ccc(NC(=O)c2ccccc2)cc1. The van der Waals surface area contributed by atoms with Crippen molar-refractivity contribution in [2.24, 2.45) is 0 Å². The molecule has 0 aliphatic heterocycles. The number of hydrogen-bond donors (Lipinski definition) is 2. The van der Waals surface area contributed by atoms with E-state index in [4.69, 9.17) is 4.74 Å². The Bertz CT molecular complexity index is 1020. The summed E-state index contributed by atoms with van der Waals surface area (Å²) in [5.74, 6) is -0.857. The molecule has 0 saturated carbocycles. The van der Waals surface area contributed by atoms with Crippen LogP contribution in [0.15, 0.2) is 84.9 Å². The highest BCUT2D eigenvalue weighted by atomic mass is 16.5. The summed E-state index contributed by atoms with van der Waals surface area (Å²) in [6, 6.07) is 25.7. The predicted octanol–water partition coefficient (Wildman–Crippen LogP) is 4.83. The predicted molar refractivity (Wildman–Crippen MR) is 124 cm³/mol. The maximum Gasteiger partial charge on any atom is 0.306 e. The molecule has 0 fully saturated rings. The Balaban J connectivity index is 1.33. The fraction of sp³-hybridized carbons (Fsp3) is 0.192. The molecule has 3 aromatic carbocycles. The molecule has 0 aliphatic rings. The van der Waals surface area contributed by atoms with Crippen molar-refractivity contribution in [1.82, 2.24) is 0 Å². The number of carbonyl (C=O) groups is 3. The van der Waals surface area contributed by atoms with Crippen molar-refractivity contribution in [3.8, 4) is 0 Å². The minimum Gasteiger partial charge on any atom is -0.466 e. The Morgan fingerprint density at radius 3 is 1.94 bits per heavy atom. The van der Waals surface area contributed by atoms with Gasteiger partial charge >= 0.3 is 5.97 Å². The van der Waals surface area contributed by atoms with Gasteiger partial charge in [-0.2, -0.15) is 0 Å². The molecule has 0 aliphatic carbocycles. The van der Waals surface area contributed by atoms with E-state index in [2.05, 4.69) is 10.6 Å². The zero-order valence-electron chi connectivity index (χ0n) is 17.8. The largest absolute Gasteiger partial charge is 0.466 e. The molecule has 0 atom stereocenters. The van der Waals surface area contributed by atoms with E-state index in [9.17, 15) is 14.4 Å². The van der Waals surface area contributed by atoms with E-state index in [1.807, 2.05) is 36.4 Å². The maximum absolute atomic E-state index is 12.2. The number of benzene rings is 3. The Morgan fingerprint density at radius 2 is 1.28 bits per heavy atom. The van der Waals surface area contributed by atoms with E-state index >= 15 is 0 Å². The number of esters is 1. The number of carbonyl (C=O) groups excluding carboxylic acids is 3. The third kappa shape index (κ3) is 7.72.